The van der Waals surface area contributed by atoms with Crippen molar-refractivity contribution in [1.29, 1.82) is 5.26 Å². The number of likely N-dealkylation sites (tertiary alicyclic amines) is 1. The Labute approximate surface area is 145 Å². The SMILES string of the molecule is CCN1CCCC1CNc1nc2cc(C#N)ccc2c2cscc12. The number of thiophene rings is 1. The second-order valence-electron chi connectivity index (χ2n) is 6.31. The number of aromatic nitrogens is 1. The Morgan fingerprint density at radius 1 is 1.33 bits per heavy atom. The second kappa shape index (κ2) is 6.39. The molecule has 5 heteroatoms. The molecule has 3 heterocycles. The molecule has 122 valence electrons. The first-order chi connectivity index (χ1) is 11.8. The van der Waals surface area contributed by atoms with E-state index in [0.717, 1.165) is 29.8 Å². The van der Waals surface area contributed by atoms with Crippen molar-refractivity contribution in [2.24, 2.45) is 0 Å². The molecule has 1 aromatic carbocycles. The maximum atomic E-state index is 9.15. The Kier molecular flexibility index (Phi) is 4.09. The van der Waals surface area contributed by atoms with Crippen molar-refractivity contribution in [2.75, 3.05) is 25.0 Å². The molecule has 4 rings (SSSR count). The van der Waals surface area contributed by atoms with Crippen molar-refractivity contribution in [1.82, 2.24) is 9.88 Å². The van der Waals surface area contributed by atoms with Crippen LogP contribution >= 0.6 is 11.3 Å². The van der Waals surface area contributed by atoms with E-state index >= 15 is 0 Å². The van der Waals surface area contributed by atoms with E-state index < -0.39 is 0 Å². The third-order valence-corrected chi connectivity index (χ3v) is 5.72. The predicted molar refractivity (Wildman–Crippen MR) is 101 cm³/mol. The van der Waals surface area contributed by atoms with Crippen LogP contribution in [0.15, 0.2) is 29.0 Å². The van der Waals surface area contributed by atoms with Gasteiger partial charge in [-0.15, -0.1) is 0 Å². The number of nitriles is 1. The number of fused-ring (bicyclic) bond motifs is 3. The summed E-state index contributed by atoms with van der Waals surface area (Å²) in [5.74, 6) is 0.941. The quantitative estimate of drug-likeness (QED) is 0.775. The van der Waals surface area contributed by atoms with Crippen LogP contribution in [0.3, 0.4) is 0 Å². The highest BCUT2D eigenvalue weighted by molar-refractivity contribution is 7.09. The lowest BCUT2D eigenvalue weighted by Gasteiger charge is -2.23. The van der Waals surface area contributed by atoms with Gasteiger partial charge in [-0.1, -0.05) is 13.0 Å². The van der Waals surface area contributed by atoms with Crippen LogP contribution < -0.4 is 5.32 Å². The largest absolute Gasteiger partial charge is 0.368 e. The number of nitrogens with one attached hydrogen (secondary N) is 1. The lowest BCUT2D eigenvalue weighted by atomic mass is 10.1. The summed E-state index contributed by atoms with van der Waals surface area (Å²) < 4.78 is 0. The third kappa shape index (κ3) is 2.62. The first-order valence-corrected chi connectivity index (χ1v) is 9.42. The summed E-state index contributed by atoms with van der Waals surface area (Å²) in [5.41, 5.74) is 1.55. The Balaban J connectivity index is 1.70. The zero-order valence-corrected chi connectivity index (χ0v) is 14.6. The van der Waals surface area contributed by atoms with Gasteiger partial charge in [-0.05, 0) is 43.4 Å². The van der Waals surface area contributed by atoms with E-state index in [1.54, 1.807) is 11.3 Å². The summed E-state index contributed by atoms with van der Waals surface area (Å²) in [6.45, 7) is 5.46. The van der Waals surface area contributed by atoms with E-state index in [0.29, 0.717) is 11.6 Å². The normalized spacial score (nSPS) is 18.2. The Morgan fingerprint density at radius 2 is 2.21 bits per heavy atom. The van der Waals surface area contributed by atoms with Gasteiger partial charge < -0.3 is 5.32 Å². The molecule has 4 nitrogen and oxygen atoms in total. The summed E-state index contributed by atoms with van der Waals surface area (Å²) in [5, 5.41) is 20.6. The van der Waals surface area contributed by atoms with Gasteiger partial charge in [0.1, 0.15) is 5.82 Å². The summed E-state index contributed by atoms with van der Waals surface area (Å²) >= 11 is 1.70. The van der Waals surface area contributed by atoms with Crippen molar-refractivity contribution in [3.05, 3.63) is 34.5 Å². The number of pyridine rings is 1. The number of rotatable bonds is 4. The molecule has 1 aliphatic heterocycles. The van der Waals surface area contributed by atoms with Crippen LogP contribution in [0.4, 0.5) is 5.82 Å². The number of likely N-dealkylation sites (N-methyl/N-ethyl adjacent to an activating group) is 1. The van der Waals surface area contributed by atoms with Gasteiger partial charge in [-0.25, -0.2) is 4.98 Å². The molecule has 0 radical (unpaired) electrons. The van der Waals surface area contributed by atoms with Crippen LogP contribution in [0.2, 0.25) is 0 Å². The lowest BCUT2D eigenvalue weighted by Crippen LogP contribution is -2.34. The Hall–Kier alpha value is -2.16. The number of hydrogen-bond donors (Lipinski definition) is 1. The number of benzene rings is 1. The van der Waals surface area contributed by atoms with Gasteiger partial charge in [0.05, 0.1) is 17.1 Å². The van der Waals surface area contributed by atoms with Crippen molar-refractivity contribution in [3.63, 3.8) is 0 Å². The monoisotopic (exact) mass is 336 g/mol. The Bertz CT molecular complexity index is 924. The topological polar surface area (TPSA) is 52.0 Å². The first-order valence-electron chi connectivity index (χ1n) is 8.48. The summed E-state index contributed by atoms with van der Waals surface area (Å²) in [6, 6.07) is 8.55. The molecule has 1 atom stereocenters. The number of anilines is 1. The molecule has 24 heavy (non-hydrogen) atoms. The van der Waals surface area contributed by atoms with E-state index in [4.69, 9.17) is 10.2 Å². The molecule has 0 spiro atoms. The molecular weight excluding hydrogens is 316 g/mol. The van der Waals surface area contributed by atoms with Crippen LogP contribution in [0.5, 0.6) is 0 Å². The molecule has 1 N–H and O–H groups in total. The van der Waals surface area contributed by atoms with Crippen LogP contribution in [-0.2, 0) is 0 Å². The lowest BCUT2D eigenvalue weighted by molar-refractivity contribution is 0.277. The van der Waals surface area contributed by atoms with Crippen LogP contribution in [0.25, 0.3) is 21.7 Å². The summed E-state index contributed by atoms with van der Waals surface area (Å²) in [6.07, 6.45) is 2.53. The maximum absolute atomic E-state index is 9.15. The van der Waals surface area contributed by atoms with E-state index in [2.05, 4.69) is 34.0 Å². The van der Waals surface area contributed by atoms with Crippen molar-refractivity contribution in [3.8, 4) is 6.07 Å². The standard InChI is InChI=1S/C19H20N4S/c1-2-23-7-3-4-14(23)10-21-19-17-12-24-11-16(17)15-6-5-13(9-20)8-18(15)22-19/h5-6,8,11-12,14H,2-4,7,10H2,1H3,(H,21,22). The highest BCUT2D eigenvalue weighted by Gasteiger charge is 2.23. The zero-order valence-electron chi connectivity index (χ0n) is 13.7. The summed E-state index contributed by atoms with van der Waals surface area (Å²) in [4.78, 5) is 7.36. The molecule has 1 saturated heterocycles. The smallest absolute Gasteiger partial charge is 0.135 e. The molecule has 0 bridgehead atoms. The van der Waals surface area contributed by atoms with E-state index in [9.17, 15) is 0 Å². The average molecular weight is 336 g/mol. The van der Waals surface area contributed by atoms with Gasteiger partial charge in [0, 0.05) is 34.1 Å². The highest BCUT2D eigenvalue weighted by atomic mass is 32.1. The van der Waals surface area contributed by atoms with Gasteiger partial charge >= 0.3 is 0 Å². The van der Waals surface area contributed by atoms with E-state index in [1.165, 1.54) is 30.2 Å². The van der Waals surface area contributed by atoms with E-state index in [-0.39, 0.29) is 0 Å². The van der Waals surface area contributed by atoms with Crippen LogP contribution in [0.1, 0.15) is 25.3 Å². The molecule has 0 amide bonds. The molecule has 3 aromatic rings. The van der Waals surface area contributed by atoms with Crippen LogP contribution in [0, 0.1) is 11.3 Å². The average Bonchev–Trinajstić information content (AvgIpc) is 3.28. The van der Waals surface area contributed by atoms with Crippen LogP contribution in [-0.4, -0.2) is 35.6 Å². The molecule has 1 unspecified atom stereocenters. The van der Waals surface area contributed by atoms with Gasteiger partial charge in [0.15, 0.2) is 0 Å². The predicted octanol–water partition coefficient (Wildman–Crippen LogP) is 4.22. The van der Waals surface area contributed by atoms with E-state index in [1.807, 2.05) is 18.2 Å². The zero-order chi connectivity index (χ0) is 16.5. The van der Waals surface area contributed by atoms with Gasteiger partial charge in [-0.2, -0.15) is 16.6 Å². The fraction of sp³-hybridized carbons (Fsp3) is 0.368. The number of hydrogen-bond acceptors (Lipinski definition) is 5. The second-order valence-corrected chi connectivity index (χ2v) is 7.05. The minimum absolute atomic E-state index is 0.589. The molecule has 2 aromatic heterocycles. The van der Waals surface area contributed by atoms with Gasteiger partial charge in [0.2, 0.25) is 0 Å². The third-order valence-electron chi connectivity index (χ3n) is 4.98. The molecule has 1 aliphatic rings. The van der Waals surface area contributed by atoms with Crippen molar-refractivity contribution >= 4 is 38.8 Å². The maximum Gasteiger partial charge on any atom is 0.135 e. The fourth-order valence-corrected chi connectivity index (χ4v) is 4.52. The Morgan fingerprint density at radius 3 is 3.04 bits per heavy atom. The van der Waals surface area contributed by atoms with Gasteiger partial charge in [0.25, 0.3) is 0 Å². The minimum atomic E-state index is 0.589. The first kappa shape index (κ1) is 15.4. The molecular formula is C19H20N4S. The molecule has 1 fully saturated rings. The number of nitrogens with zero attached hydrogens (tertiary/aromatic N) is 3. The van der Waals surface area contributed by atoms with Crippen molar-refractivity contribution < 1.29 is 0 Å². The highest BCUT2D eigenvalue weighted by Crippen LogP contribution is 2.32. The molecule has 0 saturated carbocycles. The van der Waals surface area contributed by atoms with Gasteiger partial charge in [-0.3, -0.25) is 4.90 Å². The summed E-state index contributed by atoms with van der Waals surface area (Å²) in [7, 11) is 0. The minimum Gasteiger partial charge on any atom is -0.368 e. The molecule has 0 aliphatic carbocycles. The van der Waals surface area contributed by atoms with Crippen molar-refractivity contribution in [2.45, 2.75) is 25.8 Å². The fourth-order valence-electron chi connectivity index (χ4n) is 3.68.